The van der Waals surface area contributed by atoms with Gasteiger partial charge in [-0.25, -0.2) is 8.42 Å². The van der Waals surface area contributed by atoms with Gasteiger partial charge in [-0.2, -0.15) is 9.41 Å². The number of hydrazone groups is 1. The number of nitrogens with one attached hydrogen (secondary N) is 1. The summed E-state index contributed by atoms with van der Waals surface area (Å²) >= 11 is 1.49. The van der Waals surface area contributed by atoms with Crippen LogP contribution in [0.1, 0.15) is 4.88 Å². The number of non-ortho nitro benzene ring substituents is 1. The van der Waals surface area contributed by atoms with E-state index in [0.717, 1.165) is 10.9 Å². The summed E-state index contributed by atoms with van der Waals surface area (Å²) in [6.07, 6.45) is 1.57. The highest BCUT2D eigenvalue weighted by atomic mass is 32.2. The Kier molecular flexibility index (Phi) is 5.85. The lowest BCUT2D eigenvalue weighted by Gasteiger charge is -2.31. The Morgan fingerprint density at radius 2 is 2.00 bits per heavy atom. The molecule has 2 aromatic rings. The first kappa shape index (κ1) is 19.4. The smallest absolute Gasteiger partial charge is 0.270 e. The van der Waals surface area contributed by atoms with Gasteiger partial charge in [0.25, 0.3) is 5.69 Å². The van der Waals surface area contributed by atoms with Gasteiger partial charge in [-0.05, 0) is 24.6 Å². The van der Waals surface area contributed by atoms with E-state index in [1.54, 1.807) is 6.21 Å². The molecule has 144 valence electrons. The maximum atomic E-state index is 13.1. The zero-order chi connectivity index (χ0) is 19.4. The summed E-state index contributed by atoms with van der Waals surface area (Å²) in [5.74, 6) is 0. The molecule has 0 radical (unpaired) electrons. The number of nitro benzene ring substituents is 1. The van der Waals surface area contributed by atoms with E-state index in [1.165, 1.54) is 27.8 Å². The molecular weight excluding hydrogens is 390 g/mol. The van der Waals surface area contributed by atoms with Crippen LogP contribution in [-0.2, 0) is 10.0 Å². The molecule has 0 unspecified atom stereocenters. The Morgan fingerprint density at radius 1 is 1.26 bits per heavy atom. The topological polar surface area (TPSA) is 108 Å². The molecule has 1 N–H and O–H groups in total. The fourth-order valence-electron chi connectivity index (χ4n) is 2.63. The first-order valence-electron chi connectivity index (χ1n) is 8.17. The van der Waals surface area contributed by atoms with E-state index in [2.05, 4.69) is 10.5 Å². The lowest BCUT2D eigenvalue weighted by Crippen LogP contribution is -2.47. The van der Waals surface area contributed by atoms with Crippen molar-refractivity contribution in [3.8, 4) is 0 Å². The molecule has 0 aliphatic carbocycles. The molecule has 1 aliphatic rings. The van der Waals surface area contributed by atoms with E-state index in [0.29, 0.717) is 26.2 Å². The average molecular weight is 409 g/mol. The van der Waals surface area contributed by atoms with E-state index < -0.39 is 14.9 Å². The normalized spacial score (nSPS) is 16.6. The molecule has 0 amide bonds. The van der Waals surface area contributed by atoms with Gasteiger partial charge in [-0.15, -0.1) is 11.3 Å². The molecule has 1 saturated heterocycles. The molecule has 0 saturated carbocycles. The number of piperazine rings is 1. The van der Waals surface area contributed by atoms with Crippen molar-refractivity contribution in [2.75, 3.05) is 38.7 Å². The number of likely N-dealkylation sites (N-methyl/N-ethyl adjacent to an activating group) is 1. The molecule has 3 rings (SSSR count). The second-order valence-electron chi connectivity index (χ2n) is 6.03. The fraction of sp³-hybridized carbons (Fsp3) is 0.312. The summed E-state index contributed by atoms with van der Waals surface area (Å²) in [6.45, 7) is 1.87. The monoisotopic (exact) mass is 409 g/mol. The van der Waals surface area contributed by atoms with Crippen LogP contribution in [0.15, 0.2) is 45.7 Å². The Labute approximate surface area is 161 Å². The van der Waals surface area contributed by atoms with E-state index in [9.17, 15) is 18.5 Å². The number of nitrogens with zero attached hydrogens (tertiary/aromatic N) is 4. The van der Waals surface area contributed by atoms with Crippen LogP contribution in [0.3, 0.4) is 0 Å². The minimum absolute atomic E-state index is 0.149. The van der Waals surface area contributed by atoms with Crippen LogP contribution in [0.25, 0.3) is 0 Å². The van der Waals surface area contributed by atoms with E-state index >= 15 is 0 Å². The van der Waals surface area contributed by atoms with Crippen LogP contribution in [-0.4, -0.2) is 62.0 Å². The molecule has 27 heavy (non-hydrogen) atoms. The van der Waals surface area contributed by atoms with Gasteiger partial charge >= 0.3 is 0 Å². The van der Waals surface area contributed by atoms with Crippen LogP contribution in [0.2, 0.25) is 0 Å². The Hall–Kier alpha value is -2.34. The zero-order valence-corrected chi connectivity index (χ0v) is 16.2. The lowest BCUT2D eigenvalue weighted by atomic mass is 10.3. The molecular formula is C16H19N5O4S2. The summed E-state index contributed by atoms with van der Waals surface area (Å²) in [4.78, 5) is 13.3. The fourth-order valence-corrected chi connectivity index (χ4v) is 4.80. The predicted molar refractivity (Wildman–Crippen MR) is 105 cm³/mol. The molecule has 9 nitrogen and oxygen atoms in total. The second kappa shape index (κ2) is 8.13. The zero-order valence-electron chi connectivity index (χ0n) is 14.6. The van der Waals surface area contributed by atoms with Crippen molar-refractivity contribution >= 4 is 38.9 Å². The van der Waals surface area contributed by atoms with Gasteiger partial charge in [-0.1, -0.05) is 6.07 Å². The number of anilines is 1. The summed E-state index contributed by atoms with van der Waals surface area (Å²) in [5.41, 5.74) is 2.63. The highest BCUT2D eigenvalue weighted by Crippen LogP contribution is 2.29. The van der Waals surface area contributed by atoms with E-state index in [4.69, 9.17) is 0 Å². The number of hydrogen-bond donors (Lipinski definition) is 1. The highest BCUT2D eigenvalue weighted by Gasteiger charge is 2.31. The van der Waals surface area contributed by atoms with Crippen molar-refractivity contribution in [3.63, 3.8) is 0 Å². The molecule has 0 bridgehead atoms. The second-order valence-corrected chi connectivity index (χ2v) is 8.92. The lowest BCUT2D eigenvalue weighted by molar-refractivity contribution is -0.385. The van der Waals surface area contributed by atoms with Crippen LogP contribution in [0.5, 0.6) is 0 Å². The van der Waals surface area contributed by atoms with Gasteiger partial charge in [0.05, 0.1) is 16.8 Å². The van der Waals surface area contributed by atoms with Crippen molar-refractivity contribution < 1.29 is 13.3 Å². The third-order valence-corrected chi connectivity index (χ3v) is 6.92. The van der Waals surface area contributed by atoms with E-state index in [1.807, 2.05) is 29.5 Å². The van der Waals surface area contributed by atoms with Crippen molar-refractivity contribution in [2.45, 2.75) is 4.90 Å². The molecule has 1 aliphatic heterocycles. The van der Waals surface area contributed by atoms with Crippen LogP contribution in [0.4, 0.5) is 11.4 Å². The largest absolute Gasteiger partial charge is 0.304 e. The van der Waals surface area contributed by atoms with Crippen molar-refractivity contribution in [3.05, 3.63) is 50.7 Å². The number of hydrogen-bond acceptors (Lipinski definition) is 8. The van der Waals surface area contributed by atoms with Gasteiger partial charge in [0.2, 0.25) is 10.0 Å². The third kappa shape index (κ3) is 4.50. The summed E-state index contributed by atoms with van der Waals surface area (Å²) in [7, 11) is -1.97. The maximum absolute atomic E-state index is 13.1. The number of rotatable bonds is 6. The van der Waals surface area contributed by atoms with Crippen LogP contribution < -0.4 is 5.43 Å². The minimum atomic E-state index is -3.89. The molecule has 0 spiro atoms. The van der Waals surface area contributed by atoms with E-state index in [-0.39, 0.29) is 16.3 Å². The van der Waals surface area contributed by atoms with Crippen LogP contribution >= 0.6 is 11.3 Å². The molecule has 1 aromatic carbocycles. The molecule has 11 heteroatoms. The van der Waals surface area contributed by atoms with Crippen molar-refractivity contribution in [2.24, 2.45) is 5.10 Å². The van der Waals surface area contributed by atoms with Gasteiger partial charge in [0.1, 0.15) is 4.90 Å². The summed E-state index contributed by atoms with van der Waals surface area (Å²) in [5, 5.41) is 17.1. The molecule has 0 atom stereocenters. The third-order valence-electron chi connectivity index (χ3n) is 4.18. The maximum Gasteiger partial charge on any atom is 0.270 e. The number of thiophene rings is 1. The first-order chi connectivity index (χ1) is 12.9. The number of sulfonamides is 1. The summed E-state index contributed by atoms with van der Waals surface area (Å²) in [6, 6.07) is 7.45. The average Bonchev–Trinajstić information content (AvgIpc) is 3.15. The van der Waals surface area contributed by atoms with Crippen molar-refractivity contribution in [1.82, 2.24) is 9.21 Å². The van der Waals surface area contributed by atoms with Crippen molar-refractivity contribution in [1.29, 1.82) is 0 Å². The molecule has 1 aromatic heterocycles. The number of benzene rings is 1. The Bertz CT molecular complexity index is 936. The number of nitro groups is 1. The minimum Gasteiger partial charge on any atom is -0.304 e. The van der Waals surface area contributed by atoms with Gasteiger partial charge in [0.15, 0.2) is 0 Å². The standard InChI is InChI=1S/C16H19N5O4S2/c1-19-6-8-20(9-7-19)27(24,25)16-11-13(21(22)23)4-5-15(16)18-17-12-14-3-2-10-26-14/h2-5,10-12,18H,6-9H2,1H3. The Balaban J connectivity index is 1.92. The van der Waals surface area contributed by atoms with Gasteiger partial charge in [-0.3, -0.25) is 15.5 Å². The van der Waals surface area contributed by atoms with Gasteiger partial charge < -0.3 is 4.90 Å². The van der Waals surface area contributed by atoms with Crippen LogP contribution in [0, 0.1) is 10.1 Å². The first-order valence-corrected chi connectivity index (χ1v) is 10.5. The summed E-state index contributed by atoms with van der Waals surface area (Å²) < 4.78 is 27.5. The quantitative estimate of drug-likeness (QED) is 0.444. The Morgan fingerprint density at radius 3 is 2.63 bits per heavy atom. The predicted octanol–water partition coefficient (Wildman–Crippen LogP) is 2.04. The SMILES string of the molecule is CN1CCN(S(=O)(=O)c2cc([N+](=O)[O-])ccc2NN=Cc2cccs2)CC1. The highest BCUT2D eigenvalue weighted by molar-refractivity contribution is 7.89. The van der Waals surface area contributed by atoms with Gasteiger partial charge in [0, 0.05) is 43.2 Å². The molecule has 2 heterocycles. The molecule has 1 fully saturated rings.